The number of nitrogens with one attached hydrogen (secondary N) is 1. The van der Waals surface area contributed by atoms with E-state index in [1.807, 2.05) is 0 Å². The summed E-state index contributed by atoms with van der Waals surface area (Å²) in [6, 6.07) is 11.8. The van der Waals surface area contributed by atoms with Crippen LogP contribution < -0.4 is 15.0 Å². The lowest BCUT2D eigenvalue weighted by Crippen LogP contribution is -2.42. The molecule has 1 fully saturated rings. The molecular formula is C23H27N3O6S2. The number of ether oxygens (including phenoxy) is 2. The Kier molecular flexibility index (Phi) is 7.46. The first-order chi connectivity index (χ1) is 16.3. The molecule has 1 atom stereocenters. The van der Waals surface area contributed by atoms with Crippen LogP contribution in [0, 0.1) is 5.92 Å². The molecule has 11 heteroatoms. The van der Waals surface area contributed by atoms with E-state index in [1.165, 1.54) is 34.1 Å². The molecule has 2 aliphatic heterocycles. The Morgan fingerprint density at radius 3 is 2.68 bits per heavy atom. The van der Waals surface area contributed by atoms with Gasteiger partial charge in [-0.3, -0.25) is 9.59 Å². The van der Waals surface area contributed by atoms with Crippen LogP contribution in [-0.4, -0.2) is 70.2 Å². The summed E-state index contributed by atoms with van der Waals surface area (Å²) in [5.41, 5.74) is 0.910. The second kappa shape index (κ2) is 10.3. The van der Waals surface area contributed by atoms with Gasteiger partial charge in [-0.25, -0.2) is 8.42 Å². The number of nitrogens with zero attached hydrogens (tertiary/aromatic N) is 2. The molecular weight excluding hydrogens is 478 g/mol. The first-order valence-electron chi connectivity index (χ1n) is 10.9. The minimum Gasteiger partial charge on any atom is -0.495 e. The van der Waals surface area contributed by atoms with Crippen molar-refractivity contribution >= 4 is 45.0 Å². The number of methoxy groups -OCH3 is 1. The third-order valence-corrected chi connectivity index (χ3v) is 8.91. The van der Waals surface area contributed by atoms with Crippen molar-refractivity contribution in [2.75, 3.05) is 55.9 Å². The predicted octanol–water partition coefficient (Wildman–Crippen LogP) is 2.43. The average molecular weight is 506 g/mol. The van der Waals surface area contributed by atoms with Crippen LogP contribution in [0.25, 0.3) is 0 Å². The van der Waals surface area contributed by atoms with Gasteiger partial charge in [0.2, 0.25) is 21.8 Å². The normalized spacial score (nSPS) is 19.3. The van der Waals surface area contributed by atoms with Crippen LogP contribution >= 0.6 is 11.8 Å². The number of carbonyl (C=O) groups is 2. The van der Waals surface area contributed by atoms with Crippen LogP contribution in [-0.2, 0) is 24.3 Å². The summed E-state index contributed by atoms with van der Waals surface area (Å²) < 4.78 is 38.4. The zero-order chi connectivity index (χ0) is 24.3. The molecule has 182 valence electrons. The van der Waals surface area contributed by atoms with Gasteiger partial charge >= 0.3 is 0 Å². The molecule has 0 spiro atoms. The van der Waals surface area contributed by atoms with E-state index in [0.717, 1.165) is 4.90 Å². The fourth-order valence-electron chi connectivity index (χ4n) is 3.84. The second-order valence-electron chi connectivity index (χ2n) is 8.03. The van der Waals surface area contributed by atoms with Crippen LogP contribution in [0.3, 0.4) is 0 Å². The van der Waals surface area contributed by atoms with Gasteiger partial charge in [0.1, 0.15) is 12.3 Å². The lowest BCUT2D eigenvalue weighted by molar-refractivity contribution is -0.123. The molecule has 2 heterocycles. The number of anilines is 2. The van der Waals surface area contributed by atoms with Crippen molar-refractivity contribution in [1.29, 1.82) is 0 Å². The van der Waals surface area contributed by atoms with Crippen molar-refractivity contribution in [2.45, 2.75) is 16.7 Å². The Labute approximate surface area is 203 Å². The maximum absolute atomic E-state index is 13.2. The standard InChI is InChI=1S/C23H27N3O6S2/c1-16-15-33-21-8-7-17(34(29,30)25-9-11-32-12-10-25)13-19(21)26(23(16)28)14-22(27)24-18-5-3-4-6-20(18)31-2/h3-8,13,16H,9-12,14-15H2,1-2H3,(H,24,27)/t16-/m1/s1. The quantitative estimate of drug-likeness (QED) is 0.643. The molecule has 1 N–H and O–H groups in total. The monoisotopic (exact) mass is 505 g/mol. The van der Waals surface area contributed by atoms with Gasteiger partial charge in [0.25, 0.3) is 0 Å². The number of thioether (sulfide) groups is 1. The summed E-state index contributed by atoms with van der Waals surface area (Å²) in [6.07, 6.45) is 0. The summed E-state index contributed by atoms with van der Waals surface area (Å²) in [4.78, 5) is 28.4. The second-order valence-corrected chi connectivity index (χ2v) is 11.0. The molecule has 9 nitrogen and oxygen atoms in total. The first-order valence-corrected chi connectivity index (χ1v) is 13.3. The highest BCUT2D eigenvalue weighted by Crippen LogP contribution is 2.38. The Balaban J connectivity index is 1.65. The number of para-hydroxylation sites is 2. The fraction of sp³-hybridized carbons (Fsp3) is 0.391. The number of hydrogen-bond acceptors (Lipinski definition) is 7. The number of morpholine rings is 1. The van der Waals surface area contributed by atoms with Crippen LogP contribution in [0.2, 0.25) is 0 Å². The van der Waals surface area contributed by atoms with Gasteiger partial charge < -0.3 is 19.7 Å². The number of fused-ring (bicyclic) bond motifs is 1. The van der Waals surface area contributed by atoms with Crippen molar-refractivity contribution in [1.82, 2.24) is 4.31 Å². The molecule has 0 radical (unpaired) electrons. The van der Waals surface area contributed by atoms with E-state index in [1.54, 1.807) is 43.3 Å². The Morgan fingerprint density at radius 2 is 1.94 bits per heavy atom. The third kappa shape index (κ3) is 5.07. The summed E-state index contributed by atoms with van der Waals surface area (Å²) in [6.45, 7) is 2.77. The molecule has 0 aliphatic carbocycles. The van der Waals surface area contributed by atoms with Gasteiger partial charge in [-0.1, -0.05) is 19.1 Å². The van der Waals surface area contributed by atoms with Crippen LogP contribution in [0.5, 0.6) is 5.75 Å². The topological polar surface area (TPSA) is 105 Å². The Hall–Kier alpha value is -2.60. The van der Waals surface area contributed by atoms with Gasteiger partial charge in [-0.05, 0) is 30.3 Å². The van der Waals surface area contributed by atoms with Crippen molar-refractivity contribution < 1.29 is 27.5 Å². The van der Waals surface area contributed by atoms with E-state index in [2.05, 4.69) is 5.32 Å². The van der Waals surface area contributed by atoms with Crippen molar-refractivity contribution in [3.63, 3.8) is 0 Å². The van der Waals surface area contributed by atoms with E-state index in [-0.39, 0.29) is 36.4 Å². The number of sulfonamides is 1. The fourth-order valence-corrected chi connectivity index (χ4v) is 6.32. The number of rotatable bonds is 6. The largest absolute Gasteiger partial charge is 0.495 e. The molecule has 1 saturated heterocycles. The minimum absolute atomic E-state index is 0.0891. The van der Waals surface area contributed by atoms with Gasteiger partial charge in [0.15, 0.2) is 0 Å². The Bertz CT molecular complexity index is 1180. The van der Waals surface area contributed by atoms with E-state index < -0.39 is 15.9 Å². The van der Waals surface area contributed by atoms with Gasteiger partial charge in [-0.2, -0.15) is 4.31 Å². The number of hydrogen-bond donors (Lipinski definition) is 1. The van der Waals surface area contributed by atoms with E-state index in [4.69, 9.17) is 9.47 Å². The zero-order valence-electron chi connectivity index (χ0n) is 19.0. The molecule has 0 saturated carbocycles. The lowest BCUT2D eigenvalue weighted by Gasteiger charge is -2.27. The minimum atomic E-state index is -3.76. The molecule has 2 amide bonds. The van der Waals surface area contributed by atoms with E-state index >= 15 is 0 Å². The molecule has 2 aromatic carbocycles. The predicted molar refractivity (Wildman–Crippen MR) is 130 cm³/mol. The van der Waals surface area contributed by atoms with E-state index in [0.29, 0.717) is 36.1 Å². The van der Waals surface area contributed by atoms with Crippen LogP contribution in [0.15, 0.2) is 52.3 Å². The van der Waals surface area contributed by atoms with Crippen molar-refractivity contribution in [3.05, 3.63) is 42.5 Å². The lowest BCUT2D eigenvalue weighted by atomic mass is 10.1. The smallest absolute Gasteiger partial charge is 0.244 e. The molecule has 0 aromatic heterocycles. The van der Waals surface area contributed by atoms with Gasteiger partial charge in [-0.15, -0.1) is 11.8 Å². The highest BCUT2D eigenvalue weighted by molar-refractivity contribution is 7.99. The summed E-state index contributed by atoms with van der Waals surface area (Å²) in [5.74, 6) is 0.0511. The van der Waals surface area contributed by atoms with Crippen LogP contribution in [0.4, 0.5) is 11.4 Å². The van der Waals surface area contributed by atoms with Gasteiger partial charge in [0, 0.05) is 29.7 Å². The molecule has 4 rings (SSSR count). The summed E-state index contributed by atoms with van der Waals surface area (Å²) >= 11 is 1.47. The summed E-state index contributed by atoms with van der Waals surface area (Å²) in [5, 5.41) is 2.79. The number of benzene rings is 2. The van der Waals surface area contributed by atoms with Gasteiger partial charge in [0.05, 0.1) is 36.6 Å². The highest BCUT2D eigenvalue weighted by atomic mass is 32.2. The summed E-state index contributed by atoms with van der Waals surface area (Å²) in [7, 11) is -2.25. The number of carbonyl (C=O) groups excluding carboxylic acids is 2. The molecule has 0 bridgehead atoms. The SMILES string of the molecule is COc1ccccc1NC(=O)CN1C(=O)[C@H](C)CSc2ccc(S(=O)(=O)N3CCOCC3)cc21. The van der Waals surface area contributed by atoms with Crippen LogP contribution in [0.1, 0.15) is 6.92 Å². The third-order valence-electron chi connectivity index (χ3n) is 5.69. The Morgan fingerprint density at radius 1 is 1.21 bits per heavy atom. The number of amides is 2. The molecule has 34 heavy (non-hydrogen) atoms. The zero-order valence-corrected chi connectivity index (χ0v) is 20.7. The molecule has 2 aromatic rings. The molecule has 0 unspecified atom stereocenters. The van der Waals surface area contributed by atoms with Crippen molar-refractivity contribution in [2.24, 2.45) is 5.92 Å². The maximum Gasteiger partial charge on any atom is 0.244 e. The molecule has 2 aliphatic rings. The average Bonchev–Trinajstić information content (AvgIpc) is 2.96. The maximum atomic E-state index is 13.2. The van der Waals surface area contributed by atoms with E-state index in [9.17, 15) is 18.0 Å². The first kappa shape index (κ1) is 24.5. The highest BCUT2D eigenvalue weighted by Gasteiger charge is 2.33. The van der Waals surface area contributed by atoms with Crippen molar-refractivity contribution in [3.8, 4) is 5.75 Å².